The number of rotatable bonds is 12. The minimum Gasteiger partial charge on any atom is -0.467 e. The molecule has 11 nitrogen and oxygen atoms in total. The minimum absolute atomic E-state index is 0.0818. The molecule has 0 aromatic rings. The molecule has 0 radical (unpaired) electrons. The predicted octanol–water partition coefficient (Wildman–Crippen LogP) is -0.719. The van der Waals surface area contributed by atoms with Gasteiger partial charge in [0.1, 0.15) is 24.4 Å². The standard InChI is InChI=1S/C21H34N4O7/c1-13(2)11-16(21(31)32-4)24-20(30)17-8-5-9-25(17)18(28)12-22-19(29)15(7-6-10-26)23-14(3)27/h10,13,15-17H,5-9,11-12H2,1-4H3,(H,22,29)(H,23,27)(H,24,30)/t15-,16-,17?/m0/s1. The summed E-state index contributed by atoms with van der Waals surface area (Å²) in [5.41, 5.74) is 0. The molecule has 1 aliphatic rings. The molecule has 0 saturated carbocycles. The molecule has 1 unspecified atom stereocenters. The quantitative estimate of drug-likeness (QED) is 0.260. The van der Waals surface area contributed by atoms with E-state index in [1.54, 1.807) is 0 Å². The third kappa shape index (κ3) is 8.64. The minimum atomic E-state index is -0.931. The fourth-order valence-corrected chi connectivity index (χ4v) is 3.57. The molecule has 0 aliphatic carbocycles. The highest BCUT2D eigenvalue weighted by molar-refractivity contribution is 5.93. The van der Waals surface area contributed by atoms with Gasteiger partial charge >= 0.3 is 5.97 Å². The number of nitrogens with zero attached hydrogens (tertiary/aromatic N) is 1. The number of nitrogens with one attached hydrogen (secondary N) is 3. The molecular formula is C21H34N4O7. The number of hydrogen-bond donors (Lipinski definition) is 3. The number of esters is 1. The van der Waals surface area contributed by atoms with E-state index in [4.69, 9.17) is 4.74 Å². The monoisotopic (exact) mass is 454 g/mol. The SMILES string of the molecule is COC(=O)[C@H](CC(C)C)NC(=O)C1CCCN1C(=O)CNC(=O)[C@H](CCC=O)NC(C)=O. The first-order valence-electron chi connectivity index (χ1n) is 10.8. The van der Waals surface area contributed by atoms with E-state index in [1.165, 1.54) is 18.9 Å². The first kappa shape index (κ1) is 27.1. The highest BCUT2D eigenvalue weighted by Gasteiger charge is 2.36. The zero-order chi connectivity index (χ0) is 24.3. The maximum atomic E-state index is 12.8. The summed E-state index contributed by atoms with van der Waals surface area (Å²) in [7, 11) is 1.25. The summed E-state index contributed by atoms with van der Waals surface area (Å²) in [5.74, 6) is -2.31. The van der Waals surface area contributed by atoms with Crippen molar-refractivity contribution in [2.75, 3.05) is 20.2 Å². The summed E-state index contributed by atoms with van der Waals surface area (Å²) < 4.78 is 4.76. The fourth-order valence-electron chi connectivity index (χ4n) is 3.57. The Labute approximate surface area is 188 Å². The summed E-state index contributed by atoms with van der Waals surface area (Å²) in [6.07, 6.45) is 2.29. The average molecular weight is 455 g/mol. The van der Waals surface area contributed by atoms with Crippen molar-refractivity contribution < 1.29 is 33.5 Å². The van der Waals surface area contributed by atoms with Gasteiger partial charge in [0.05, 0.1) is 13.7 Å². The van der Waals surface area contributed by atoms with Crippen LogP contribution < -0.4 is 16.0 Å². The molecule has 32 heavy (non-hydrogen) atoms. The lowest BCUT2D eigenvalue weighted by atomic mass is 10.0. The molecule has 0 aromatic carbocycles. The van der Waals surface area contributed by atoms with Crippen LogP contribution in [0.15, 0.2) is 0 Å². The Balaban J connectivity index is 2.72. The first-order chi connectivity index (χ1) is 15.1. The van der Waals surface area contributed by atoms with Gasteiger partial charge in [-0.3, -0.25) is 19.2 Å². The van der Waals surface area contributed by atoms with Gasteiger partial charge in [-0.2, -0.15) is 0 Å². The van der Waals surface area contributed by atoms with Crippen molar-refractivity contribution in [2.45, 2.75) is 71.0 Å². The molecule has 180 valence electrons. The van der Waals surface area contributed by atoms with E-state index < -0.39 is 47.7 Å². The molecule has 0 aromatic heterocycles. The second kappa shape index (κ2) is 13.4. The van der Waals surface area contributed by atoms with Crippen LogP contribution in [0, 0.1) is 5.92 Å². The number of amides is 4. The molecule has 0 bridgehead atoms. The number of methoxy groups -OCH3 is 1. The highest BCUT2D eigenvalue weighted by Crippen LogP contribution is 2.18. The Hall–Kier alpha value is -2.98. The van der Waals surface area contributed by atoms with Crippen LogP contribution in [-0.2, 0) is 33.5 Å². The lowest BCUT2D eigenvalue weighted by Gasteiger charge is -2.27. The second-order valence-corrected chi connectivity index (χ2v) is 8.17. The zero-order valence-corrected chi connectivity index (χ0v) is 19.1. The van der Waals surface area contributed by atoms with E-state index in [-0.39, 0.29) is 25.3 Å². The van der Waals surface area contributed by atoms with Crippen LogP contribution in [0.1, 0.15) is 52.9 Å². The molecule has 1 fully saturated rings. The third-order valence-electron chi connectivity index (χ3n) is 5.07. The van der Waals surface area contributed by atoms with Gasteiger partial charge in [0.15, 0.2) is 0 Å². The number of ether oxygens (including phenoxy) is 1. The Morgan fingerprint density at radius 3 is 2.38 bits per heavy atom. The van der Waals surface area contributed by atoms with Gasteiger partial charge in [0.2, 0.25) is 23.6 Å². The molecular weight excluding hydrogens is 420 g/mol. The van der Waals surface area contributed by atoms with Crippen LogP contribution in [0.2, 0.25) is 0 Å². The Bertz CT molecular complexity index is 710. The van der Waals surface area contributed by atoms with Crippen molar-refractivity contribution in [3.8, 4) is 0 Å². The highest BCUT2D eigenvalue weighted by atomic mass is 16.5. The lowest BCUT2D eigenvalue weighted by Crippen LogP contribution is -2.54. The Morgan fingerprint density at radius 2 is 1.81 bits per heavy atom. The van der Waals surface area contributed by atoms with E-state index in [9.17, 15) is 28.8 Å². The molecule has 3 N–H and O–H groups in total. The van der Waals surface area contributed by atoms with Crippen LogP contribution >= 0.6 is 0 Å². The Morgan fingerprint density at radius 1 is 1.12 bits per heavy atom. The van der Waals surface area contributed by atoms with Crippen molar-refractivity contribution in [1.82, 2.24) is 20.9 Å². The van der Waals surface area contributed by atoms with Crippen LogP contribution in [0.25, 0.3) is 0 Å². The van der Waals surface area contributed by atoms with Gasteiger partial charge < -0.3 is 30.4 Å². The van der Waals surface area contributed by atoms with Crippen molar-refractivity contribution in [3.63, 3.8) is 0 Å². The molecule has 3 atom stereocenters. The number of aldehydes is 1. The van der Waals surface area contributed by atoms with E-state index in [0.717, 1.165) is 0 Å². The predicted molar refractivity (Wildman–Crippen MR) is 114 cm³/mol. The summed E-state index contributed by atoms with van der Waals surface area (Å²) in [6, 6.07) is -2.49. The Kier molecular flexibility index (Phi) is 11.4. The van der Waals surface area contributed by atoms with Gasteiger partial charge in [-0.15, -0.1) is 0 Å². The normalized spacial score (nSPS) is 17.3. The molecule has 4 amide bonds. The van der Waals surface area contributed by atoms with Gasteiger partial charge in [-0.25, -0.2) is 4.79 Å². The smallest absolute Gasteiger partial charge is 0.328 e. The van der Waals surface area contributed by atoms with E-state index >= 15 is 0 Å². The summed E-state index contributed by atoms with van der Waals surface area (Å²) in [6.45, 7) is 5.08. The largest absolute Gasteiger partial charge is 0.467 e. The number of likely N-dealkylation sites (tertiary alicyclic amines) is 1. The molecule has 1 saturated heterocycles. The molecule has 11 heteroatoms. The van der Waals surface area contributed by atoms with Gasteiger partial charge in [0.25, 0.3) is 0 Å². The fraction of sp³-hybridized carbons (Fsp3) is 0.714. The van der Waals surface area contributed by atoms with Gasteiger partial charge in [-0.05, 0) is 31.6 Å². The van der Waals surface area contributed by atoms with Crippen LogP contribution in [0.3, 0.4) is 0 Å². The van der Waals surface area contributed by atoms with Crippen molar-refractivity contribution >= 4 is 35.9 Å². The van der Waals surface area contributed by atoms with E-state index in [1.807, 2.05) is 13.8 Å². The van der Waals surface area contributed by atoms with Crippen molar-refractivity contribution in [3.05, 3.63) is 0 Å². The van der Waals surface area contributed by atoms with Crippen molar-refractivity contribution in [2.24, 2.45) is 5.92 Å². The summed E-state index contributed by atoms with van der Waals surface area (Å²) in [5, 5.41) is 7.58. The van der Waals surface area contributed by atoms with Crippen molar-refractivity contribution in [1.29, 1.82) is 0 Å². The van der Waals surface area contributed by atoms with Crippen LogP contribution in [0.4, 0.5) is 0 Å². The molecule has 0 spiro atoms. The molecule has 1 heterocycles. The van der Waals surface area contributed by atoms with E-state index in [2.05, 4.69) is 16.0 Å². The maximum Gasteiger partial charge on any atom is 0.328 e. The molecule has 1 rings (SSSR count). The van der Waals surface area contributed by atoms with E-state index in [0.29, 0.717) is 32.1 Å². The zero-order valence-electron chi connectivity index (χ0n) is 19.1. The summed E-state index contributed by atoms with van der Waals surface area (Å²) in [4.78, 5) is 73.0. The first-order valence-corrected chi connectivity index (χ1v) is 10.8. The van der Waals surface area contributed by atoms with Crippen LogP contribution in [0.5, 0.6) is 0 Å². The lowest BCUT2D eigenvalue weighted by molar-refractivity contribution is -0.146. The maximum absolute atomic E-state index is 12.8. The summed E-state index contributed by atoms with van der Waals surface area (Å²) >= 11 is 0. The number of carbonyl (C=O) groups excluding carboxylic acids is 6. The van der Waals surface area contributed by atoms with Gasteiger partial charge in [-0.1, -0.05) is 13.8 Å². The third-order valence-corrected chi connectivity index (χ3v) is 5.07. The molecule has 1 aliphatic heterocycles. The van der Waals surface area contributed by atoms with Crippen LogP contribution in [-0.4, -0.2) is 79.1 Å². The number of carbonyl (C=O) groups is 6. The number of hydrogen-bond acceptors (Lipinski definition) is 7. The second-order valence-electron chi connectivity index (χ2n) is 8.17. The van der Waals surface area contributed by atoms with Gasteiger partial charge in [0, 0.05) is 19.9 Å². The average Bonchev–Trinajstić information content (AvgIpc) is 3.23. The topological polar surface area (TPSA) is 151 Å².